The van der Waals surface area contributed by atoms with Crippen LogP contribution in [0.3, 0.4) is 0 Å². The van der Waals surface area contributed by atoms with Gasteiger partial charge in [0.25, 0.3) is 0 Å². The minimum Gasteiger partial charge on any atom is -0.324 e. The van der Waals surface area contributed by atoms with Crippen molar-refractivity contribution < 1.29 is 9.59 Å². The van der Waals surface area contributed by atoms with Gasteiger partial charge in [0, 0.05) is 17.9 Å². The Kier molecular flexibility index (Phi) is 5.57. The lowest BCUT2D eigenvalue weighted by Crippen LogP contribution is -2.34. The van der Waals surface area contributed by atoms with Gasteiger partial charge in [0.2, 0.25) is 5.91 Å². The number of nitrogens with one attached hydrogen (secondary N) is 2. The summed E-state index contributed by atoms with van der Waals surface area (Å²) in [5.41, 5.74) is 2.53. The number of carbonyl (C=O) groups is 2. The highest BCUT2D eigenvalue weighted by Gasteiger charge is 2.30. The van der Waals surface area contributed by atoms with Crippen LogP contribution in [-0.2, 0) is 4.79 Å². The highest BCUT2D eigenvalue weighted by molar-refractivity contribution is 7.08. The number of likely N-dealkylation sites (tertiary alicyclic amines) is 1. The molecule has 1 saturated heterocycles. The zero-order chi connectivity index (χ0) is 20.2. The van der Waals surface area contributed by atoms with Crippen molar-refractivity contribution in [1.29, 1.82) is 0 Å². The molecule has 4 rings (SSSR count). The van der Waals surface area contributed by atoms with Crippen LogP contribution in [0.4, 0.5) is 16.2 Å². The van der Waals surface area contributed by atoms with E-state index in [4.69, 9.17) is 0 Å². The van der Waals surface area contributed by atoms with Gasteiger partial charge in [0.1, 0.15) is 18.7 Å². The van der Waals surface area contributed by atoms with Crippen molar-refractivity contribution in [2.75, 3.05) is 17.2 Å². The number of rotatable bonds is 5. The Bertz CT molecular complexity index is 956. The summed E-state index contributed by atoms with van der Waals surface area (Å²) in [6, 6.07) is 8.74. The number of hydrogen-bond acceptors (Lipinski definition) is 5. The van der Waals surface area contributed by atoms with Crippen LogP contribution in [0.15, 0.2) is 53.7 Å². The quantitative estimate of drug-likeness (QED) is 0.667. The van der Waals surface area contributed by atoms with E-state index < -0.39 is 6.04 Å². The predicted molar refractivity (Wildman–Crippen MR) is 112 cm³/mol. The lowest BCUT2D eigenvalue weighted by molar-refractivity contribution is -0.119. The first-order chi connectivity index (χ1) is 14.1. The van der Waals surface area contributed by atoms with Gasteiger partial charge in [-0.05, 0) is 66.4 Å². The summed E-state index contributed by atoms with van der Waals surface area (Å²) < 4.78 is 1.49. The SMILES string of the molecule is CC(C(=O)Nc1ccc(NC(=O)N2CCCC2c2ccsc2)cc1)n1cncn1. The van der Waals surface area contributed by atoms with E-state index in [0.717, 1.165) is 19.4 Å². The first kappa shape index (κ1) is 19.1. The molecule has 3 amide bonds. The maximum atomic E-state index is 12.7. The number of urea groups is 1. The third-order valence-electron chi connectivity index (χ3n) is 5.06. The Hall–Kier alpha value is -3.20. The summed E-state index contributed by atoms with van der Waals surface area (Å²) >= 11 is 1.65. The van der Waals surface area contributed by atoms with E-state index in [2.05, 4.69) is 32.2 Å². The lowest BCUT2D eigenvalue weighted by Gasteiger charge is -2.24. The maximum absolute atomic E-state index is 12.7. The molecule has 1 aliphatic heterocycles. The van der Waals surface area contributed by atoms with Gasteiger partial charge in [-0.25, -0.2) is 14.5 Å². The first-order valence-corrected chi connectivity index (χ1v) is 10.4. The van der Waals surface area contributed by atoms with Gasteiger partial charge in [0.05, 0.1) is 6.04 Å². The van der Waals surface area contributed by atoms with Gasteiger partial charge < -0.3 is 15.5 Å². The van der Waals surface area contributed by atoms with Crippen molar-refractivity contribution >= 4 is 34.6 Å². The largest absolute Gasteiger partial charge is 0.324 e. The molecule has 0 radical (unpaired) electrons. The van der Waals surface area contributed by atoms with Crippen molar-refractivity contribution in [2.24, 2.45) is 0 Å². The van der Waals surface area contributed by atoms with E-state index in [-0.39, 0.29) is 18.0 Å². The number of thiophene rings is 1. The third kappa shape index (κ3) is 4.29. The van der Waals surface area contributed by atoms with Crippen LogP contribution >= 0.6 is 11.3 Å². The van der Waals surface area contributed by atoms with Gasteiger partial charge in [-0.15, -0.1) is 0 Å². The minimum absolute atomic E-state index is 0.102. The van der Waals surface area contributed by atoms with Gasteiger partial charge >= 0.3 is 6.03 Å². The van der Waals surface area contributed by atoms with Crippen molar-refractivity contribution in [3.8, 4) is 0 Å². The number of anilines is 2. The van der Waals surface area contributed by atoms with Gasteiger partial charge in [0.15, 0.2) is 0 Å². The molecule has 3 aromatic rings. The van der Waals surface area contributed by atoms with E-state index in [1.54, 1.807) is 42.5 Å². The number of nitrogens with zero attached hydrogens (tertiary/aromatic N) is 4. The fourth-order valence-corrected chi connectivity index (χ4v) is 4.14. The Morgan fingerprint density at radius 1 is 1.17 bits per heavy atom. The second-order valence-corrected chi connectivity index (χ2v) is 7.74. The molecule has 0 spiro atoms. The number of benzene rings is 1. The summed E-state index contributed by atoms with van der Waals surface area (Å²) in [7, 11) is 0. The fourth-order valence-electron chi connectivity index (χ4n) is 3.44. The molecule has 0 bridgehead atoms. The highest BCUT2D eigenvalue weighted by atomic mass is 32.1. The number of aromatic nitrogens is 3. The zero-order valence-electron chi connectivity index (χ0n) is 16.0. The fraction of sp³-hybridized carbons (Fsp3) is 0.300. The molecule has 2 aromatic heterocycles. The third-order valence-corrected chi connectivity index (χ3v) is 5.76. The van der Waals surface area contributed by atoms with Crippen LogP contribution in [0, 0.1) is 0 Å². The molecule has 150 valence electrons. The van der Waals surface area contributed by atoms with Crippen LogP contribution < -0.4 is 10.6 Å². The Labute approximate surface area is 172 Å². The average Bonchev–Trinajstić information content (AvgIpc) is 3.50. The summed E-state index contributed by atoms with van der Waals surface area (Å²) in [5.74, 6) is -0.192. The molecule has 1 aliphatic rings. The zero-order valence-corrected chi connectivity index (χ0v) is 16.8. The van der Waals surface area contributed by atoms with Crippen LogP contribution in [-0.4, -0.2) is 38.1 Å². The van der Waals surface area contributed by atoms with Crippen LogP contribution in [0.1, 0.15) is 37.4 Å². The normalized spacial score (nSPS) is 17.1. The van der Waals surface area contributed by atoms with Gasteiger partial charge in [-0.3, -0.25) is 4.79 Å². The molecular formula is C20H22N6O2S. The number of amides is 3. The second-order valence-electron chi connectivity index (χ2n) is 6.96. The summed E-state index contributed by atoms with van der Waals surface area (Å²) in [5, 5.41) is 13.9. The van der Waals surface area contributed by atoms with E-state index in [1.165, 1.54) is 22.9 Å². The monoisotopic (exact) mass is 410 g/mol. The molecule has 0 saturated carbocycles. The van der Waals surface area contributed by atoms with Crippen molar-refractivity contribution in [1.82, 2.24) is 19.7 Å². The summed E-state index contributed by atoms with van der Waals surface area (Å²) in [6.07, 6.45) is 4.89. The van der Waals surface area contributed by atoms with E-state index in [9.17, 15) is 9.59 Å². The highest BCUT2D eigenvalue weighted by Crippen LogP contribution is 2.33. The second kappa shape index (κ2) is 8.44. The predicted octanol–water partition coefficient (Wildman–Crippen LogP) is 3.91. The lowest BCUT2D eigenvalue weighted by atomic mass is 10.1. The summed E-state index contributed by atoms with van der Waals surface area (Å²) in [4.78, 5) is 30.8. The molecule has 3 heterocycles. The van der Waals surface area contributed by atoms with E-state index in [1.807, 2.05) is 10.3 Å². The molecule has 8 nitrogen and oxygen atoms in total. The maximum Gasteiger partial charge on any atom is 0.322 e. The van der Waals surface area contributed by atoms with Crippen LogP contribution in [0.5, 0.6) is 0 Å². The molecule has 2 atom stereocenters. The van der Waals surface area contributed by atoms with Crippen molar-refractivity contribution in [3.63, 3.8) is 0 Å². The standard InChI is InChI=1S/C20H22N6O2S/c1-14(26-13-21-12-22-26)19(27)23-16-4-6-17(7-5-16)24-20(28)25-9-2-3-18(25)15-8-10-29-11-15/h4-8,10-14,18H,2-3,9H2,1H3,(H,23,27)(H,24,28). The first-order valence-electron chi connectivity index (χ1n) is 9.46. The Morgan fingerprint density at radius 3 is 2.59 bits per heavy atom. The summed E-state index contributed by atoms with van der Waals surface area (Å²) in [6.45, 7) is 2.50. The molecule has 0 aliphatic carbocycles. The van der Waals surface area contributed by atoms with E-state index >= 15 is 0 Å². The topological polar surface area (TPSA) is 92.2 Å². The molecule has 29 heavy (non-hydrogen) atoms. The number of carbonyl (C=O) groups excluding carboxylic acids is 2. The Morgan fingerprint density at radius 2 is 1.93 bits per heavy atom. The molecule has 9 heteroatoms. The molecule has 2 unspecified atom stereocenters. The average molecular weight is 411 g/mol. The smallest absolute Gasteiger partial charge is 0.322 e. The minimum atomic E-state index is -0.471. The Balaban J connectivity index is 1.35. The molecule has 1 fully saturated rings. The van der Waals surface area contributed by atoms with Crippen molar-refractivity contribution in [3.05, 3.63) is 59.3 Å². The van der Waals surface area contributed by atoms with Gasteiger partial charge in [-0.2, -0.15) is 16.4 Å². The van der Waals surface area contributed by atoms with Gasteiger partial charge in [-0.1, -0.05) is 0 Å². The van der Waals surface area contributed by atoms with Crippen LogP contribution in [0.25, 0.3) is 0 Å². The molecule has 1 aromatic carbocycles. The molecule has 2 N–H and O–H groups in total. The van der Waals surface area contributed by atoms with E-state index in [0.29, 0.717) is 11.4 Å². The number of hydrogen-bond donors (Lipinski definition) is 2. The molecular weight excluding hydrogens is 388 g/mol. The van der Waals surface area contributed by atoms with Crippen molar-refractivity contribution in [2.45, 2.75) is 31.8 Å². The van der Waals surface area contributed by atoms with Crippen LogP contribution in [0.2, 0.25) is 0 Å².